The molecule has 0 aromatic heterocycles. The van der Waals surface area contributed by atoms with Gasteiger partial charge in [0.25, 0.3) is 0 Å². The summed E-state index contributed by atoms with van der Waals surface area (Å²) in [7, 11) is 1.56. The van der Waals surface area contributed by atoms with E-state index in [0.29, 0.717) is 41.6 Å². The largest absolute Gasteiger partial charge is 0.493 e. The molecule has 0 saturated carbocycles. The number of carbonyl (C=O) groups excluding carboxylic acids is 1. The van der Waals surface area contributed by atoms with Gasteiger partial charge in [-0.25, -0.2) is 0 Å². The zero-order valence-corrected chi connectivity index (χ0v) is 18.6. The molecule has 7 heteroatoms. The summed E-state index contributed by atoms with van der Waals surface area (Å²) in [6.45, 7) is 10.7. The minimum atomic E-state index is -0.129. The van der Waals surface area contributed by atoms with Crippen LogP contribution in [0.4, 0.5) is 0 Å². The van der Waals surface area contributed by atoms with Crippen LogP contribution >= 0.6 is 11.6 Å². The Labute approximate surface area is 179 Å². The molecule has 6 nitrogen and oxygen atoms in total. The normalized spacial score (nSPS) is 16.2. The van der Waals surface area contributed by atoms with Gasteiger partial charge in [0.1, 0.15) is 0 Å². The number of halogens is 1. The van der Waals surface area contributed by atoms with E-state index in [1.54, 1.807) is 25.3 Å². The van der Waals surface area contributed by atoms with E-state index < -0.39 is 0 Å². The minimum absolute atomic E-state index is 0.129. The second-order valence-corrected chi connectivity index (χ2v) is 7.88. The lowest BCUT2D eigenvalue weighted by molar-refractivity contribution is -0.116. The number of amides is 1. The second kappa shape index (κ2) is 12.1. The highest BCUT2D eigenvalue weighted by molar-refractivity contribution is 6.32. The van der Waals surface area contributed by atoms with Crippen LogP contribution in [-0.2, 0) is 9.53 Å². The summed E-state index contributed by atoms with van der Waals surface area (Å²) < 4.78 is 16.3. The molecule has 1 aliphatic rings. The van der Waals surface area contributed by atoms with Crippen molar-refractivity contribution < 1.29 is 19.0 Å². The van der Waals surface area contributed by atoms with Crippen molar-refractivity contribution in [3.05, 3.63) is 28.8 Å². The lowest BCUT2D eigenvalue weighted by Crippen LogP contribution is -2.49. The molecule has 1 N–H and O–H groups in total. The third kappa shape index (κ3) is 7.53. The van der Waals surface area contributed by atoms with Crippen LogP contribution in [-0.4, -0.2) is 63.4 Å². The monoisotopic (exact) mass is 424 g/mol. The van der Waals surface area contributed by atoms with Crippen molar-refractivity contribution in [1.82, 2.24) is 10.2 Å². The smallest absolute Gasteiger partial charge is 0.244 e. The van der Waals surface area contributed by atoms with Crippen molar-refractivity contribution in [2.75, 3.05) is 46.6 Å². The number of carbonyl (C=O) groups is 1. The molecule has 0 radical (unpaired) electrons. The highest BCUT2D eigenvalue weighted by Crippen LogP contribution is 2.36. The van der Waals surface area contributed by atoms with Crippen LogP contribution in [0, 0.1) is 5.92 Å². The van der Waals surface area contributed by atoms with Gasteiger partial charge in [-0.3, -0.25) is 9.69 Å². The summed E-state index contributed by atoms with van der Waals surface area (Å²) in [5.41, 5.74) is 0.775. The first-order valence-electron chi connectivity index (χ1n) is 10.2. The van der Waals surface area contributed by atoms with E-state index in [9.17, 15) is 4.79 Å². The van der Waals surface area contributed by atoms with Crippen molar-refractivity contribution in [2.45, 2.75) is 33.2 Å². The molecule has 1 saturated heterocycles. The van der Waals surface area contributed by atoms with Gasteiger partial charge in [-0.05, 0) is 43.0 Å². The van der Waals surface area contributed by atoms with Crippen LogP contribution in [0.25, 0.3) is 6.08 Å². The van der Waals surface area contributed by atoms with Crippen LogP contribution in [0.15, 0.2) is 18.2 Å². The Morgan fingerprint density at radius 1 is 1.34 bits per heavy atom. The molecule has 1 atom stereocenters. The van der Waals surface area contributed by atoms with Crippen LogP contribution in [0.3, 0.4) is 0 Å². The van der Waals surface area contributed by atoms with Crippen molar-refractivity contribution in [2.24, 2.45) is 5.92 Å². The van der Waals surface area contributed by atoms with E-state index in [1.165, 1.54) is 6.08 Å². The summed E-state index contributed by atoms with van der Waals surface area (Å²) in [5, 5.41) is 3.49. The quantitative estimate of drug-likeness (QED) is 0.581. The summed E-state index contributed by atoms with van der Waals surface area (Å²) >= 11 is 6.29. The van der Waals surface area contributed by atoms with Crippen molar-refractivity contribution >= 4 is 23.6 Å². The lowest BCUT2D eigenvalue weighted by atomic mass is 10.0. The summed E-state index contributed by atoms with van der Waals surface area (Å²) in [4.78, 5) is 14.8. The molecule has 1 heterocycles. The number of benzene rings is 1. The minimum Gasteiger partial charge on any atom is -0.493 e. The molecule has 1 aromatic carbocycles. The second-order valence-electron chi connectivity index (χ2n) is 7.48. The molecule has 1 aromatic rings. The Balaban J connectivity index is 1.98. The maximum absolute atomic E-state index is 12.4. The number of methoxy groups -OCH3 is 1. The number of hydrogen-bond donors (Lipinski definition) is 1. The molecule has 0 spiro atoms. The van der Waals surface area contributed by atoms with E-state index in [4.69, 9.17) is 25.8 Å². The molecule has 162 valence electrons. The molecule has 2 rings (SSSR count). The predicted octanol–water partition coefficient (Wildman–Crippen LogP) is 3.62. The number of morpholine rings is 1. The molecule has 0 bridgehead atoms. The standard InChI is InChI=1S/C22H33ClN2O4/c1-5-29-22-19(23)13-17(14-20(22)27-4)6-7-21(26)24-15-18(12-16(2)3)25-8-10-28-11-9-25/h6-7,13-14,16,18H,5,8-12,15H2,1-4H3,(H,24,26)/b7-6+. The Kier molecular flexibility index (Phi) is 9.78. The molecular formula is C22H33ClN2O4. The average molecular weight is 425 g/mol. The number of ether oxygens (including phenoxy) is 3. The fourth-order valence-corrected chi connectivity index (χ4v) is 3.69. The fourth-order valence-electron chi connectivity index (χ4n) is 3.42. The van der Waals surface area contributed by atoms with Crippen LogP contribution in [0.2, 0.25) is 5.02 Å². The Morgan fingerprint density at radius 2 is 2.07 bits per heavy atom. The highest BCUT2D eigenvalue weighted by atomic mass is 35.5. The number of nitrogens with zero attached hydrogens (tertiary/aromatic N) is 1. The molecule has 1 fully saturated rings. The van der Waals surface area contributed by atoms with Crippen molar-refractivity contribution in [3.8, 4) is 11.5 Å². The highest BCUT2D eigenvalue weighted by Gasteiger charge is 2.22. The van der Waals surface area contributed by atoms with Gasteiger partial charge in [-0.15, -0.1) is 0 Å². The zero-order valence-electron chi connectivity index (χ0n) is 17.9. The molecule has 1 aliphatic heterocycles. The zero-order chi connectivity index (χ0) is 21.2. The van der Waals surface area contributed by atoms with E-state index >= 15 is 0 Å². The fraction of sp³-hybridized carbons (Fsp3) is 0.591. The van der Waals surface area contributed by atoms with E-state index in [0.717, 1.165) is 38.3 Å². The first-order valence-corrected chi connectivity index (χ1v) is 10.6. The Morgan fingerprint density at radius 3 is 2.69 bits per heavy atom. The van der Waals surface area contributed by atoms with Gasteiger partial charge in [0.15, 0.2) is 11.5 Å². The molecule has 1 amide bonds. The predicted molar refractivity (Wildman–Crippen MR) is 117 cm³/mol. The third-order valence-electron chi connectivity index (χ3n) is 4.79. The number of hydrogen-bond acceptors (Lipinski definition) is 5. The SMILES string of the molecule is CCOc1c(Cl)cc(/C=C/C(=O)NCC(CC(C)C)N2CCOCC2)cc1OC. The first-order chi connectivity index (χ1) is 13.9. The topological polar surface area (TPSA) is 60.0 Å². The van der Waals surface area contributed by atoms with Gasteiger partial charge in [0, 0.05) is 31.8 Å². The van der Waals surface area contributed by atoms with Gasteiger partial charge in [0.2, 0.25) is 5.91 Å². The Hall–Kier alpha value is -1.76. The molecule has 0 aliphatic carbocycles. The maximum Gasteiger partial charge on any atom is 0.244 e. The van der Waals surface area contributed by atoms with Crippen LogP contribution < -0.4 is 14.8 Å². The number of rotatable bonds is 10. The van der Waals surface area contributed by atoms with Gasteiger partial charge in [-0.1, -0.05) is 25.4 Å². The third-order valence-corrected chi connectivity index (χ3v) is 5.07. The molecular weight excluding hydrogens is 392 g/mol. The van der Waals surface area contributed by atoms with Gasteiger partial charge in [0.05, 0.1) is 32.0 Å². The summed E-state index contributed by atoms with van der Waals surface area (Å²) in [6, 6.07) is 3.88. The summed E-state index contributed by atoms with van der Waals surface area (Å²) in [6.07, 6.45) is 4.29. The number of nitrogens with one attached hydrogen (secondary N) is 1. The Bertz CT molecular complexity index is 688. The van der Waals surface area contributed by atoms with Gasteiger partial charge < -0.3 is 19.5 Å². The van der Waals surface area contributed by atoms with E-state index in [1.807, 2.05) is 6.92 Å². The van der Waals surface area contributed by atoms with Gasteiger partial charge in [-0.2, -0.15) is 0 Å². The van der Waals surface area contributed by atoms with Crippen molar-refractivity contribution in [1.29, 1.82) is 0 Å². The van der Waals surface area contributed by atoms with E-state index in [-0.39, 0.29) is 5.91 Å². The van der Waals surface area contributed by atoms with Crippen molar-refractivity contribution in [3.63, 3.8) is 0 Å². The maximum atomic E-state index is 12.4. The van der Waals surface area contributed by atoms with E-state index in [2.05, 4.69) is 24.1 Å². The first kappa shape index (κ1) is 23.5. The molecule has 1 unspecified atom stereocenters. The lowest BCUT2D eigenvalue weighted by Gasteiger charge is -2.35. The van der Waals surface area contributed by atoms with Gasteiger partial charge >= 0.3 is 0 Å². The van der Waals surface area contributed by atoms with Crippen LogP contribution in [0.5, 0.6) is 11.5 Å². The molecule has 29 heavy (non-hydrogen) atoms. The van der Waals surface area contributed by atoms with Crippen LogP contribution in [0.1, 0.15) is 32.8 Å². The summed E-state index contributed by atoms with van der Waals surface area (Å²) in [5.74, 6) is 1.49. The average Bonchev–Trinajstić information content (AvgIpc) is 2.71.